The minimum absolute atomic E-state index is 0.578. The molecule has 0 aliphatic rings. The van der Waals surface area contributed by atoms with Crippen molar-refractivity contribution in [1.29, 1.82) is 5.26 Å². The highest BCUT2D eigenvalue weighted by atomic mass is 16.5. The summed E-state index contributed by atoms with van der Waals surface area (Å²) in [7, 11) is 1.62. The van der Waals surface area contributed by atoms with Crippen molar-refractivity contribution >= 4 is 10.9 Å². The van der Waals surface area contributed by atoms with Crippen LogP contribution < -0.4 is 4.74 Å². The number of para-hydroxylation sites is 1. The lowest BCUT2D eigenvalue weighted by atomic mass is 10.1. The molecule has 3 nitrogen and oxygen atoms in total. The Labute approximate surface area is 87.9 Å². The molecule has 0 unspecified atom stereocenters. The molecule has 0 aliphatic carbocycles. The zero-order chi connectivity index (χ0) is 10.8. The average Bonchev–Trinajstić information content (AvgIpc) is 2.27. The Morgan fingerprint density at radius 3 is 2.87 bits per heavy atom. The number of nitriles is 1. The van der Waals surface area contributed by atoms with Gasteiger partial charge < -0.3 is 4.74 Å². The van der Waals surface area contributed by atoms with Gasteiger partial charge in [0.05, 0.1) is 18.2 Å². The van der Waals surface area contributed by atoms with Crippen molar-refractivity contribution in [1.82, 2.24) is 4.98 Å². The lowest BCUT2D eigenvalue weighted by Gasteiger charge is -2.06. The van der Waals surface area contributed by atoms with E-state index >= 15 is 0 Å². The Bertz CT molecular complexity index is 555. The van der Waals surface area contributed by atoms with Gasteiger partial charge in [-0.3, -0.25) is 4.98 Å². The zero-order valence-corrected chi connectivity index (χ0v) is 8.61. The largest absolute Gasteiger partial charge is 0.496 e. The molecule has 0 bridgehead atoms. The maximum absolute atomic E-state index is 8.96. The molecule has 0 radical (unpaired) electrons. The van der Waals surface area contributed by atoms with E-state index in [9.17, 15) is 0 Å². The highest BCUT2D eigenvalue weighted by Gasteiger charge is 2.07. The minimum atomic E-state index is 0.578. The predicted molar refractivity (Wildman–Crippen MR) is 57.7 cm³/mol. The van der Waals surface area contributed by atoms with E-state index in [1.807, 2.05) is 25.1 Å². The van der Waals surface area contributed by atoms with E-state index in [1.165, 1.54) is 0 Å². The molecule has 0 aliphatic heterocycles. The first-order valence-corrected chi connectivity index (χ1v) is 4.60. The van der Waals surface area contributed by atoms with Crippen molar-refractivity contribution in [2.24, 2.45) is 0 Å². The van der Waals surface area contributed by atoms with E-state index in [0.717, 1.165) is 16.8 Å². The number of methoxy groups -OCH3 is 1. The molecule has 0 saturated heterocycles. The molecule has 1 aromatic carbocycles. The molecule has 74 valence electrons. The van der Waals surface area contributed by atoms with Gasteiger partial charge >= 0.3 is 0 Å². The molecule has 3 heteroatoms. The van der Waals surface area contributed by atoms with Crippen LogP contribution in [0.15, 0.2) is 24.3 Å². The summed E-state index contributed by atoms with van der Waals surface area (Å²) in [5.74, 6) is 0.759. The van der Waals surface area contributed by atoms with E-state index in [-0.39, 0.29) is 0 Å². The number of nitrogens with zero attached hydrogens (tertiary/aromatic N) is 2. The number of benzene rings is 1. The number of pyridine rings is 1. The summed E-state index contributed by atoms with van der Waals surface area (Å²) in [6, 6.07) is 9.49. The predicted octanol–water partition coefficient (Wildman–Crippen LogP) is 2.42. The number of aromatic nitrogens is 1. The number of fused-ring (bicyclic) bond motifs is 1. The monoisotopic (exact) mass is 198 g/mol. The fourth-order valence-corrected chi connectivity index (χ4v) is 1.60. The van der Waals surface area contributed by atoms with Crippen molar-refractivity contribution in [3.05, 3.63) is 35.5 Å². The zero-order valence-electron chi connectivity index (χ0n) is 8.61. The van der Waals surface area contributed by atoms with Gasteiger partial charge in [-0.05, 0) is 19.1 Å². The fraction of sp³-hybridized carbons (Fsp3) is 0.167. The SMILES string of the molecule is COc1cc(C)nc2c(C#N)cccc12. The standard InChI is InChI=1S/C12H10N2O/c1-8-6-11(15-2)10-5-3-4-9(7-13)12(10)14-8/h3-6H,1-2H3. The smallest absolute Gasteiger partial charge is 0.130 e. The average molecular weight is 198 g/mol. The maximum Gasteiger partial charge on any atom is 0.130 e. The van der Waals surface area contributed by atoms with E-state index in [2.05, 4.69) is 11.1 Å². The Hall–Kier alpha value is -2.08. The van der Waals surface area contributed by atoms with Gasteiger partial charge in [-0.2, -0.15) is 5.26 Å². The molecule has 0 amide bonds. The van der Waals surface area contributed by atoms with E-state index in [0.29, 0.717) is 11.1 Å². The number of hydrogen-bond donors (Lipinski definition) is 0. The van der Waals surface area contributed by atoms with Crippen LogP contribution in [0.25, 0.3) is 10.9 Å². The van der Waals surface area contributed by atoms with Crippen LogP contribution in [0.3, 0.4) is 0 Å². The Kier molecular flexibility index (Phi) is 2.26. The van der Waals surface area contributed by atoms with Crippen LogP contribution in [0.4, 0.5) is 0 Å². The van der Waals surface area contributed by atoms with E-state index in [1.54, 1.807) is 13.2 Å². The van der Waals surface area contributed by atoms with Crippen molar-refractivity contribution < 1.29 is 4.74 Å². The van der Waals surface area contributed by atoms with Gasteiger partial charge in [-0.1, -0.05) is 6.07 Å². The Morgan fingerprint density at radius 1 is 1.40 bits per heavy atom. The first-order valence-electron chi connectivity index (χ1n) is 4.60. The van der Waals surface area contributed by atoms with Gasteiger partial charge in [0, 0.05) is 17.1 Å². The summed E-state index contributed by atoms with van der Waals surface area (Å²) < 4.78 is 5.26. The molecule has 0 fully saturated rings. The maximum atomic E-state index is 8.96. The fourth-order valence-electron chi connectivity index (χ4n) is 1.60. The molecule has 0 saturated carbocycles. The van der Waals surface area contributed by atoms with Crippen LogP contribution in [0.5, 0.6) is 5.75 Å². The van der Waals surface area contributed by atoms with Crippen LogP contribution in [0.1, 0.15) is 11.3 Å². The molecular weight excluding hydrogens is 188 g/mol. The van der Waals surface area contributed by atoms with E-state index in [4.69, 9.17) is 10.00 Å². The van der Waals surface area contributed by atoms with Crippen molar-refractivity contribution in [2.75, 3.05) is 7.11 Å². The van der Waals surface area contributed by atoms with Gasteiger partial charge in [0.2, 0.25) is 0 Å². The summed E-state index contributed by atoms with van der Waals surface area (Å²) in [6.45, 7) is 1.89. The third kappa shape index (κ3) is 1.50. The van der Waals surface area contributed by atoms with Gasteiger partial charge in [0.1, 0.15) is 11.8 Å². The van der Waals surface area contributed by atoms with Crippen LogP contribution in [0, 0.1) is 18.3 Å². The number of hydrogen-bond acceptors (Lipinski definition) is 3. The van der Waals surface area contributed by atoms with Gasteiger partial charge in [-0.25, -0.2) is 0 Å². The molecule has 2 rings (SSSR count). The lowest BCUT2D eigenvalue weighted by Crippen LogP contribution is -1.92. The van der Waals surface area contributed by atoms with Crippen molar-refractivity contribution in [3.63, 3.8) is 0 Å². The lowest BCUT2D eigenvalue weighted by molar-refractivity contribution is 0.419. The third-order valence-electron chi connectivity index (χ3n) is 2.27. The summed E-state index contributed by atoms with van der Waals surface area (Å²) >= 11 is 0. The minimum Gasteiger partial charge on any atom is -0.496 e. The molecule has 15 heavy (non-hydrogen) atoms. The topological polar surface area (TPSA) is 45.9 Å². The summed E-state index contributed by atoms with van der Waals surface area (Å²) in [6.07, 6.45) is 0. The van der Waals surface area contributed by atoms with Crippen molar-refractivity contribution in [3.8, 4) is 11.8 Å². The molecule has 2 aromatic rings. The quantitative estimate of drug-likeness (QED) is 0.706. The molecule has 0 atom stereocenters. The van der Waals surface area contributed by atoms with Gasteiger partial charge in [-0.15, -0.1) is 0 Å². The number of rotatable bonds is 1. The first kappa shape index (κ1) is 9.47. The van der Waals surface area contributed by atoms with Crippen LogP contribution in [-0.2, 0) is 0 Å². The second-order valence-corrected chi connectivity index (χ2v) is 3.28. The summed E-state index contributed by atoms with van der Waals surface area (Å²) in [4.78, 5) is 4.35. The normalized spacial score (nSPS) is 9.93. The first-order chi connectivity index (χ1) is 7.26. The summed E-state index contributed by atoms with van der Waals surface area (Å²) in [5, 5.41) is 9.84. The van der Waals surface area contributed by atoms with Gasteiger partial charge in [0.15, 0.2) is 0 Å². The van der Waals surface area contributed by atoms with Crippen LogP contribution in [-0.4, -0.2) is 12.1 Å². The second kappa shape index (κ2) is 3.58. The summed E-state index contributed by atoms with van der Waals surface area (Å²) in [5.41, 5.74) is 2.13. The van der Waals surface area contributed by atoms with Gasteiger partial charge in [0.25, 0.3) is 0 Å². The third-order valence-corrected chi connectivity index (χ3v) is 2.27. The van der Waals surface area contributed by atoms with Crippen molar-refractivity contribution in [2.45, 2.75) is 6.92 Å². The molecule has 0 N–H and O–H groups in total. The number of aryl methyl sites for hydroxylation is 1. The molecule has 1 heterocycles. The molecule has 1 aromatic heterocycles. The highest BCUT2D eigenvalue weighted by molar-refractivity contribution is 5.89. The highest BCUT2D eigenvalue weighted by Crippen LogP contribution is 2.26. The Balaban J connectivity index is 2.90. The molecule has 0 spiro atoms. The Morgan fingerprint density at radius 2 is 2.20 bits per heavy atom. The van der Waals surface area contributed by atoms with Crippen LogP contribution in [0.2, 0.25) is 0 Å². The molecular formula is C12H10N2O. The second-order valence-electron chi connectivity index (χ2n) is 3.28. The number of ether oxygens (including phenoxy) is 1. The van der Waals surface area contributed by atoms with Crippen LogP contribution >= 0.6 is 0 Å². The van der Waals surface area contributed by atoms with E-state index < -0.39 is 0 Å².